The van der Waals surface area contributed by atoms with E-state index in [0.29, 0.717) is 19.3 Å². The van der Waals surface area contributed by atoms with Crippen molar-refractivity contribution in [3.8, 4) is 0 Å². The molecular weight excluding hydrogens is 320 g/mol. The van der Waals surface area contributed by atoms with E-state index in [0.717, 1.165) is 30.6 Å². The molecule has 1 spiro atoms. The number of carbonyl (C=O) groups excluding carboxylic acids is 2. The van der Waals surface area contributed by atoms with Gasteiger partial charge in [-0.3, -0.25) is 19.7 Å². The van der Waals surface area contributed by atoms with Crippen molar-refractivity contribution in [2.45, 2.75) is 52.0 Å². The number of rotatable bonds is 1. The SMILES string of the molecule is CC1(C)CC(=O)C2(Cc3cc([N+](=O)[O-])ccc3N3CCC[C@H]32)C(=O)C1. The van der Waals surface area contributed by atoms with Crippen LogP contribution in [0.25, 0.3) is 0 Å². The van der Waals surface area contributed by atoms with Crippen molar-refractivity contribution >= 4 is 22.9 Å². The summed E-state index contributed by atoms with van der Waals surface area (Å²) in [7, 11) is 0. The number of carbonyl (C=O) groups is 2. The fourth-order valence-electron chi connectivity index (χ4n) is 5.06. The molecular formula is C19H22N2O4. The molecule has 0 bridgehead atoms. The minimum atomic E-state index is -1.02. The second kappa shape index (κ2) is 5.13. The van der Waals surface area contributed by atoms with Crippen LogP contribution in [0.2, 0.25) is 0 Å². The standard InChI is InChI=1S/C19H22N2O4/c1-18(2)10-16(22)19(17(23)11-18)9-12-8-13(21(24)25)5-6-14(12)20-7-3-4-15(19)20/h5-6,8,15H,3-4,7,9-11H2,1-2H3/t15-/m0/s1. The monoisotopic (exact) mass is 342 g/mol. The van der Waals surface area contributed by atoms with Crippen LogP contribution in [0, 0.1) is 20.9 Å². The van der Waals surface area contributed by atoms with Gasteiger partial charge in [-0.25, -0.2) is 0 Å². The Kier molecular flexibility index (Phi) is 3.33. The third kappa shape index (κ3) is 2.23. The summed E-state index contributed by atoms with van der Waals surface area (Å²) in [6, 6.07) is 4.74. The molecule has 2 aliphatic heterocycles. The summed E-state index contributed by atoms with van der Waals surface area (Å²) in [5.41, 5.74) is 0.403. The highest BCUT2D eigenvalue weighted by atomic mass is 16.6. The largest absolute Gasteiger partial charge is 0.367 e. The third-order valence-electron chi connectivity index (χ3n) is 6.15. The predicted octanol–water partition coefficient (Wildman–Crippen LogP) is 3.06. The van der Waals surface area contributed by atoms with Crippen LogP contribution in [0.5, 0.6) is 0 Å². The first kappa shape index (κ1) is 16.2. The zero-order valence-corrected chi connectivity index (χ0v) is 14.6. The number of hydrogen-bond donors (Lipinski definition) is 0. The van der Waals surface area contributed by atoms with Gasteiger partial charge in [-0.05, 0) is 36.3 Å². The average Bonchev–Trinajstić information content (AvgIpc) is 3.01. The van der Waals surface area contributed by atoms with E-state index in [9.17, 15) is 19.7 Å². The smallest absolute Gasteiger partial charge is 0.269 e. The van der Waals surface area contributed by atoms with Gasteiger partial charge in [0.15, 0.2) is 0 Å². The van der Waals surface area contributed by atoms with Crippen molar-refractivity contribution in [2.75, 3.05) is 11.4 Å². The van der Waals surface area contributed by atoms with Crippen LogP contribution >= 0.6 is 0 Å². The first-order chi connectivity index (χ1) is 11.7. The normalized spacial score (nSPS) is 26.5. The van der Waals surface area contributed by atoms with Gasteiger partial charge in [-0.15, -0.1) is 0 Å². The summed E-state index contributed by atoms with van der Waals surface area (Å²) in [6.07, 6.45) is 2.86. The number of non-ortho nitro benzene ring substituents is 1. The van der Waals surface area contributed by atoms with E-state index in [1.165, 1.54) is 6.07 Å². The van der Waals surface area contributed by atoms with E-state index >= 15 is 0 Å². The fraction of sp³-hybridized carbons (Fsp3) is 0.579. The molecule has 1 atom stereocenters. The Balaban J connectivity index is 1.85. The number of Topliss-reactive ketones (excluding diaryl/α,β-unsaturated/α-hetero) is 2. The predicted molar refractivity (Wildman–Crippen MR) is 92.6 cm³/mol. The van der Waals surface area contributed by atoms with Gasteiger partial charge in [0.05, 0.1) is 4.92 Å². The Morgan fingerprint density at radius 2 is 1.84 bits per heavy atom. The molecule has 2 heterocycles. The Morgan fingerprint density at radius 1 is 1.16 bits per heavy atom. The van der Waals surface area contributed by atoms with E-state index in [1.54, 1.807) is 12.1 Å². The number of ketones is 2. The van der Waals surface area contributed by atoms with E-state index in [1.807, 2.05) is 13.8 Å². The molecule has 0 amide bonds. The van der Waals surface area contributed by atoms with Gasteiger partial charge in [-0.1, -0.05) is 13.8 Å². The summed E-state index contributed by atoms with van der Waals surface area (Å²) in [6.45, 7) is 4.72. The highest BCUT2D eigenvalue weighted by Crippen LogP contribution is 2.52. The molecule has 1 aromatic carbocycles. The Morgan fingerprint density at radius 3 is 2.48 bits per heavy atom. The van der Waals surface area contributed by atoms with Crippen molar-refractivity contribution < 1.29 is 14.5 Å². The molecule has 1 aliphatic carbocycles. The Hall–Kier alpha value is -2.24. The van der Waals surface area contributed by atoms with Gasteiger partial charge >= 0.3 is 0 Å². The lowest BCUT2D eigenvalue weighted by Gasteiger charge is -2.50. The van der Waals surface area contributed by atoms with Gasteiger partial charge in [-0.2, -0.15) is 0 Å². The Bertz CT molecular complexity index is 779. The van der Waals surface area contributed by atoms with Crippen molar-refractivity contribution in [3.63, 3.8) is 0 Å². The number of benzene rings is 1. The number of anilines is 1. The number of hydrogen-bond acceptors (Lipinski definition) is 5. The second-order valence-electron chi connectivity index (χ2n) is 8.43. The third-order valence-corrected chi connectivity index (χ3v) is 6.15. The molecule has 0 N–H and O–H groups in total. The number of nitrogens with zero attached hydrogens (tertiary/aromatic N) is 2. The molecule has 3 aliphatic rings. The van der Waals surface area contributed by atoms with Gasteiger partial charge in [0.2, 0.25) is 0 Å². The van der Waals surface area contributed by atoms with E-state index in [-0.39, 0.29) is 28.7 Å². The van der Waals surface area contributed by atoms with Gasteiger partial charge in [0.25, 0.3) is 5.69 Å². The van der Waals surface area contributed by atoms with Crippen LogP contribution in [-0.2, 0) is 16.0 Å². The number of fused-ring (bicyclic) bond motifs is 4. The number of nitro groups is 1. The van der Waals surface area contributed by atoms with Crippen LogP contribution in [0.1, 0.15) is 45.1 Å². The lowest BCUT2D eigenvalue weighted by molar-refractivity contribution is -0.384. The number of nitro benzene ring substituents is 1. The zero-order valence-electron chi connectivity index (χ0n) is 14.6. The first-order valence-corrected chi connectivity index (χ1v) is 8.85. The lowest BCUT2D eigenvalue weighted by Crippen LogP contribution is -2.61. The van der Waals surface area contributed by atoms with Gasteiger partial charge < -0.3 is 4.90 Å². The maximum Gasteiger partial charge on any atom is 0.269 e. The fourth-order valence-corrected chi connectivity index (χ4v) is 5.06. The maximum absolute atomic E-state index is 13.2. The molecule has 6 heteroatoms. The molecule has 0 radical (unpaired) electrons. The van der Waals surface area contributed by atoms with Crippen LogP contribution in [0.4, 0.5) is 11.4 Å². The van der Waals surface area contributed by atoms with Crippen LogP contribution in [0.3, 0.4) is 0 Å². The molecule has 1 aromatic rings. The van der Waals surface area contributed by atoms with E-state index < -0.39 is 10.3 Å². The summed E-state index contributed by atoms with van der Waals surface area (Å²) in [5, 5.41) is 11.2. The molecule has 25 heavy (non-hydrogen) atoms. The molecule has 6 nitrogen and oxygen atoms in total. The minimum absolute atomic E-state index is 0.0163. The summed E-state index contributed by atoms with van der Waals surface area (Å²) in [5.74, 6) is 0.0330. The van der Waals surface area contributed by atoms with Crippen molar-refractivity contribution in [2.24, 2.45) is 10.8 Å². The highest BCUT2D eigenvalue weighted by molar-refractivity contribution is 6.11. The zero-order chi connectivity index (χ0) is 18.0. The van der Waals surface area contributed by atoms with E-state index in [4.69, 9.17) is 0 Å². The second-order valence-corrected chi connectivity index (χ2v) is 8.43. The molecule has 0 aromatic heterocycles. The molecule has 2 fully saturated rings. The van der Waals surface area contributed by atoms with Crippen LogP contribution < -0.4 is 4.90 Å². The molecule has 4 rings (SSSR count). The topological polar surface area (TPSA) is 80.5 Å². The quantitative estimate of drug-likeness (QED) is 0.445. The molecule has 132 valence electrons. The van der Waals surface area contributed by atoms with Crippen molar-refractivity contribution in [1.82, 2.24) is 0 Å². The molecule has 1 saturated carbocycles. The average molecular weight is 342 g/mol. The molecule has 1 saturated heterocycles. The Labute approximate surface area is 146 Å². The molecule has 0 unspecified atom stereocenters. The lowest BCUT2D eigenvalue weighted by atomic mass is 9.56. The summed E-state index contributed by atoms with van der Waals surface area (Å²) >= 11 is 0. The van der Waals surface area contributed by atoms with Crippen molar-refractivity contribution in [3.05, 3.63) is 33.9 Å². The van der Waals surface area contributed by atoms with Crippen molar-refractivity contribution in [1.29, 1.82) is 0 Å². The summed E-state index contributed by atoms with van der Waals surface area (Å²) in [4.78, 5) is 39.3. The first-order valence-electron chi connectivity index (χ1n) is 8.85. The van der Waals surface area contributed by atoms with Gasteiger partial charge in [0, 0.05) is 43.2 Å². The van der Waals surface area contributed by atoms with Gasteiger partial charge in [0.1, 0.15) is 17.0 Å². The summed E-state index contributed by atoms with van der Waals surface area (Å²) < 4.78 is 0. The highest BCUT2D eigenvalue weighted by Gasteiger charge is 2.60. The maximum atomic E-state index is 13.2. The van der Waals surface area contributed by atoms with Crippen LogP contribution in [0.15, 0.2) is 18.2 Å². The minimum Gasteiger partial charge on any atom is -0.367 e. The van der Waals surface area contributed by atoms with E-state index in [2.05, 4.69) is 4.90 Å². The van der Waals surface area contributed by atoms with Crippen LogP contribution in [-0.4, -0.2) is 29.1 Å².